The summed E-state index contributed by atoms with van der Waals surface area (Å²) in [5.41, 5.74) is 1.91. The smallest absolute Gasteiger partial charge is 0.335 e. The van der Waals surface area contributed by atoms with Crippen LogP contribution in [-0.2, 0) is 6.42 Å². The molecule has 3 rings (SSSR count). The van der Waals surface area contributed by atoms with Gasteiger partial charge in [0.05, 0.1) is 5.56 Å². The van der Waals surface area contributed by atoms with Gasteiger partial charge in [0.25, 0.3) is 5.91 Å². The van der Waals surface area contributed by atoms with Crippen LogP contribution in [0.5, 0.6) is 0 Å². The third-order valence-electron chi connectivity index (χ3n) is 3.61. The van der Waals surface area contributed by atoms with Crippen LogP contribution in [0.2, 0.25) is 0 Å². The first kappa shape index (κ1) is 17.6. The van der Waals surface area contributed by atoms with E-state index in [0.29, 0.717) is 29.1 Å². The Kier molecular flexibility index (Phi) is 4.46. The Bertz CT molecular complexity index is 986. The van der Waals surface area contributed by atoms with Gasteiger partial charge in [0.15, 0.2) is 11.5 Å². The van der Waals surface area contributed by atoms with Crippen molar-refractivity contribution >= 4 is 28.7 Å². The average molecular weight is 353 g/mol. The highest BCUT2D eigenvalue weighted by Gasteiger charge is 2.17. The quantitative estimate of drug-likeness (QED) is 0.740. The van der Waals surface area contributed by atoms with E-state index in [1.807, 2.05) is 0 Å². The summed E-state index contributed by atoms with van der Waals surface area (Å²) >= 11 is 0. The van der Waals surface area contributed by atoms with Crippen LogP contribution >= 0.6 is 0 Å². The molecule has 134 valence electrons. The molecule has 1 amide bonds. The Labute approximate surface area is 150 Å². The molecule has 1 aromatic carbocycles. The summed E-state index contributed by atoms with van der Waals surface area (Å²) in [4.78, 5) is 31.7. The zero-order chi connectivity index (χ0) is 18.9. The number of carbonyl (C=O) groups is 2. The number of nitrogens with zero attached hydrogens (tertiary/aromatic N) is 2. The number of benzene rings is 1. The van der Waals surface area contributed by atoms with E-state index in [4.69, 9.17) is 9.52 Å². The summed E-state index contributed by atoms with van der Waals surface area (Å²) in [5, 5.41) is 11.7. The number of oxazole rings is 1. The molecule has 0 aliphatic heterocycles. The molecule has 2 heterocycles. The first-order chi connectivity index (χ1) is 12.2. The molecule has 0 saturated heterocycles. The van der Waals surface area contributed by atoms with Crippen LogP contribution in [-0.4, -0.2) is 27.0 Å². The Hall–Kier alpha value is -3.22. The van der Waals surface area contributed by atoms with Crippen LogP contribution in [0.15, 0.2) is 40.9 Å². The summed E-state index contributed by atoms with van der Waals surface area (Å²) in [6.07, 6.45) is 1.99. The molecular formula is C19H19N3O4. The third kappa shape index (κ3) is 4.05. The maximum absolute atomic E-state index is 12.3. The van der Waals surface area contributed by atoms with E-state index >= 15 is 0 Å². The Morgan fingerprint density at radius 3 is 2.65 bits per heavy atom. The molecule has 26 heavy (non-hydrogen) atoms. The maximum Gasteiger partial charge on any atom is 0.335 e. The lowest BCUT2D eigenvalue weighted by Gasteiger charge is -2.14. The van der Waals surface area contributed by atoms with Gasteiger partial charge in [-0.25, -0.2) is 9.78 Å². The van der Waals surface area contributed by atoms with Crippen molar-refractivity contribution < 1.29 is 19.1 Å². The molecule has 0 fully saturated rings. The van der Waals surface area contributed by atoms with Gasteiger partial charge in [-0.05, 0) is 35.7 Å². The van der Waals surface area contributed by atoms with Gasteiger partial charge in [0.2, 0.25) is 0 Å². The fraction of sp³-hybridized carbons (Fsp3) is 0.263. The fourth-order valence-electron chi connectivity index (χ4n) is 2.47. The molecule has 0 aliphatic carbocycles. The second-order valence-electron chi connectivity index (χ2n) is 7.22. The lowest BCUT2D eigenvalue weighted by molar-refractivity contribution is 0.0696. The van der Waals surface area contributed by atoms with E-state index in [0.717, 1.165) is 0 Å². The van der Waals surface area contributed by atoms with Crippen molar-refractivity contribution in [3.05, 3.63) is 53.7 Å². The minimum absolute atomic E-state index is 0.00363. The highest BCUT2D eigenvalue weighted by molar-refractivity contribution is 6.04. The number of amides is 1. The van der Waals surface area contributed by atoms with Gasteiger partial charge in [-0.15, -0.1) is 0 Å². The number of pyridine rings is 1. The number of rotatable bonds is 4. The number of carboxylic acid groups (broad SMARTS) is 1. The topological polar surface area (TPSA) is 105 Å². The summed E-state index contributed by atoms with van der Waals surface area (Å²) in [7, 11) is 0. The molecule has 0 atom stereocenters. The summed E-state index contributed by atoms with van der Waals surface area (Å²) in [5.74, 6) is -0.963. The Balaban J connectivity index is 1.81. The molecule has 0 saturated carbocycles. The van der Waals surface area contributed by atoms with Crippen LogP contribution in [0, 0.1) is 5.41 Å². The number of aromatic carboxylic acids is 1. The first-order valence-electron chi connectivity index (χ1n) is 8.11. The molecule has 2 N–H and O–H groups in total. The van der Waals surface area contributed by atoms with Gasteiger partial charge in [0, 0.05) is 18.3 Å². The molecule has 2 aromatic heterocycles. The number of aromatic nitrogens is 2. The van der Waals surface area contributed by atoms with E-state index in [2.05, 4.69) is 36.1 Å². The molecule has 7 heteroatoms. The molecule has 0 unspecified atom stereocenters. The zero-order valence-electron chi connectivity index (χ0n) is 14.7. The molecule has 0 aliphatic rings. The molecule has 0 bridgehead atoms. The standard InChI is InChI=1S/C19H19N3O4/c1-19(2,3)10-16-22-13-9-12(4-5-15(13)26-16)21-17(23)14-8-11(18(24)25)6-7-20-14/h4-9H,10H2,1-3H3,(H,21,23)(H,24,25). The molecule has 3 aromatic rings. The second-order valence-corrected chi connectivity index (χ2v) is 7.22. The van der Waals surface area contributed by atoms with Crippen molar-refractivity contribution in [1.29, 1.82) is 0 Å². The van der Waals surface area contributed by atoms with Crippen molar-refractivity contribution in [2.75, 3.05) is 5.32 Å². The van der Waals surface area contributed by atoms with Crippen LogP contribution < -0.4 is 5.32 Å². The lowest BCUT2D eigenvalue weighted by Crippen LogP contribution is -2.14. The van der Waals surface area contributed by atoms with Crippen molar-refractivity contribution in [3.8, 4) is 0 Å². The predicted octanol–water partition coefficient (Wildman–Crippen LogP) is 3.76. The Morgan fingerprint density at radius 1 is 1.19 bits per heavy atom. The van der Waals surface area contributed by atoms with Crippen LogP contribution in [0.4, 0.5) is 5.69 Å². The maximum atomic E-state index is 12.3. The number of hydrogen-bond donors (Lipinski definition) is 2. The SMILES string of the molecule is CC(C)(C)Cc1nc2cc(NC(=O)c3cc(C(=O)O)ccn3)ccc2o1. The van der Waals surface area contributed by atoms with E-state index in [1.54, 1.807) is 18.2 Å². The van der Waals surface area contributed by atoms with E-state index in [-0.39, 0.29) is 16.7 Å². The normalized spacial score (nSPS) is 11.5. The first-order valence-corrected chi connectivity index (χ1v) is 8.11. The molecule has 0 spiro atoms. The van der Waals surface area contributed by atoms with Crippen molar-refractivity contribution in [3.63, 3.8) is 0 Å². The molecular weight excluding hydrogens is 334 g/mol. The van der Waals surface area contributed by atoms with Crippen LogP contribution in [0.3, 0.4) is 0 Å². The fourth-order valence-corrected chi connectivity index (χ4v) is 2.47. The lowest BCUT2D eigenvalue weighted by atomic mass is 9.92. The highest BCUT2D eigenvalue weighted by atomic mass is 16.4. The number of fused-ring (bicyclic) bond motifs is 1. The van der Waals surface area contributed by atoms with Crippen molar-refractivity contribution in [1.82, 2.24) is 9.97 Å². The summed E-state index contributed by atoms with van der Waals surface area (Å²) in [6.45, 7) is 6.31. The van der Waals surface area contributed by atoms with Gasteiger partial charge in [-0.1, -0.05) is 20.8 Å². The summed E-state index contributed by atoms with van der Waals surface area (Å²) in [6, 6.07) is 7.72. The second kappa shape index (κ2) is 6.59. The number of carbonyl (C=O) groups excluding carboxylic acids is 1. The van der Waals surface area contributed by atoms with E-state index < -0.39 is 11.9 Å². The number of hydrogen-bond acceptors (Lipinski definition) is 5. The van der Waals surface area contributed by atoms with Gasteiger partial charge in [-0.2, -0.15) is 0 Å². The number of anilines is 1. The van der Waals surface area contributed by atoms with E-state index in [1.165, 1.54) is 18.3 Å². The summed E-state index contributed by atoms with van der Waals surface area (Å²) < 4.78 is 5.73. The monoisotopic (exact) mass is 353 g/mol. The predicted molar refractivity (Wildman–Crippen MR) is 96.3 cm³/mol. The van der Waals surface area contributed by atoms with E-state index in [9.17, 15) is 9.59 Å². The average Bonchev–Trinajstić information content (AvgIpc) is 2.94. The van der Waals surface area contributed by atoms with Gasteiger partial charge in [-0.3, -0.25) is 9.78 Å². The van der Waals surface area contributed by atoms with Crippen LogP contribution in [0.25, 0.3) is 11.1 Å². The third-order valence-corrected chi connectivity index (χ3v) is 3.61. The Morgan fingerprint density at radius 2 is 1.96 bits per heavy atom. The van der Waals surface area contributed by atoms with Gasteiger partial charge < -0.3 is 14.8 Å². The van der Waals surface area contributed by atoms with Crippen LogP contribution in [0.1, 0.15) is 47.5 Å². The van der Waals surface area contributed by atoms with Gasteiger partial charge >= 0.3 is 5.97 Å². The van der Waals surface area contributed by atoms with Gasteiger partial charge in [0.1, 0.15) is 11.2 Å². The van der Waals surface area contributed by atoms with Crippen molar-refractivity contribution in [2.24, 2.45) is 5.41 Å². The molecule has 0 radical (unpaired) electrons. The highest BCUT2D eigenvalue weighted by Crippen LogP contribution is 2.25. The number of nitrogens with one attached hydrogen (secondary N) is 1. The number of carboxylic acids is 1. The molecule has 7 nitrogen and oxygen atoms in total. The largest absolute Gasteiger partial charge is 0.478 e. The zero-order valence-corrected chi connectivity index (χ0v) is 14.7. The minimum Gasteiger partial charge on any atom is -0.478 e. The minimum atomic E-state index is -1.11. The van der Waals surface area contributed by atoms with Crippen molar-refractivity contribution in [2.45, 2.75) is 27.2 Å².